The fourth-order valence-electron chi connectivity index (χ4n) is 7.11. The second-order valence-electron chi connectivity index (χ2n) is 6.76. The zero-order valence-electron chi connectivity index (χ0n) is 9.45. The standard InChI is InChI=1S/C13H15NO3/c15-14-12-8-4-3-5-7-6(4)9(12)11(7)13(10(5)8)16-1-2-17-13/h4-11,15H,1-3H2/t4-,5-,6+,7+,8+,9+,10-,11-/m0/s1. The molecule has 1 spiro atoms. The van der Waals surface area contributed by atoms with Gasteiger partial charge in [-0.1, -0.05) is 5.16 Å². The number of hydrogen-bond acceptors (Lipinski definition) is 4. The third-order valence-electron chi connectivity index (χ3n) is 6.97. The van der Waals surface area contributed by atoms with E-state index >= 15 is 0 Å². The summed E-state index contributed by atoms with van der Waals surface area (Å²) in [6.45, 7) is 1.51. The normalized spacial score (nSPS) is 68.8. The molecule has 4 heteroatoms. The molecule has 6 fully saturated rings. The predicted molar refractivity (Wildman–Crippen MR) is 56.4 cm³/mol. The minimum Gasteiger partial charge on any atom is -0.411 e. The zero-order valence-corrected chi connectivity index (χ0v) is 9.45. The molecule has 5 aliphatic carbocycles. The molecule has 6 aliphatic rings. The van der Waals surface area contributed by atoms with Crippen molar-refractivity contribution in [2.75, 3.05) is 13.2 Å². The number of rotatable bonds is 0. The molecule has 8 atom stereocenters. The molecule has 1 saturated heterocycles. The Balaban J connectivity index is 1.64. The van der Waals surface area contributed by atoms with E-state index in [4.69, 9.17) is 9.47 Å². The van der Waals surface area contributed by atoms with Crippen LogP contribution in [0.15, 0.2) is 5.16 Å². The van der Waals surface area contributed by atoms with E-state index in [9.17, 15) is 5.21 Å². The second-order valence-corrected chi connectivity index (χ2v) is 6.76. The Morgan fingerprint density at radius 3 is 2.65 bits per heavy atom. The molecule has 0 aromatic carbocycles. The maximum absolute atomic E-state index is 9.32. The maximum atomic E-state index is 9.32. The van der Waals surface area contributed by atoms with Crippen molar-refractivity contribution in [3.63, 3.8) is 0 Å². The van der Waals surface area contributed by atoms with Crippen molar-refractivity contribution in [1.29, 1.82) is 0 Å². The smallest absolute Gasteiger partial charge is 0.175 e. The first-order valence-corrected chi connectivity index (χ1v) is 6.88. The molecule has 0 aromatic rings. The summed E-state index contributed by atoms with van der Waals surface area (Å²) in [5.41, 5.74) is 1.11. The molecule has 0 unspecified atom stereocenters. The Bertz CT molecular complexity index is 469. The Kier molecular flexibility index (Phi) is 1.08. The van der Waals surface area contributed by atoms with Crippen LogP contribution in [0.2, 0.25) is 0 Å². The van der Waals surface area contributed by atoms with Crippen LogP contribution in [0.25, 0.3) is 0 Å². The number of hydrogen-bond donors (Lipinski definition) is 1. The van der Waals surface area contributed by atoms with E-state index in [2.05, 4.69) is 5.16 Å². The van der Waals surface area contributed by atoms with Gasteiger partial charge in [-0.05, 0) is 30.1 Å². The molecule has 1 N–H and O–H groups in total. The molecule has 0 radical (unpaired) electrons. The lowest BCUT2D eigenvalue weighted by molar-refractivity contribution is -0.241. The van der Waals surface area contributed by atoms with Crippen molar-refractivity contribution in [1.82, 2.24) is 0 Å². The minimum atomic E-state index is -0.263. The van der Waals surface area contributed by atoms with Gasteiger partial charge in [0.15, 0.2) is 5.79 Å². The van der Waals surface area contributed by atoms with Gasteiger partial charge in [-0.15, -0.1) is 0 Å². The lowest BCUT2D eigenvalue weighted by atomic mass is 9.58. The summed E-state index contributed by atoms with van der Waals surface area (Å²) in [7, 11) is 0. The van der Waals surface area contributed by atoms with E-state index in [1.54, 1.807) is 0 Å². The van der Waals surface area contributed by atoms with E-state index < -0.39 is 0 Å². The van der Waals surface area contributed by atoms with E-state index in [1.807, 2.05) is 0 Å². The van der Waals surface area contributed by atoms with Gasteiger partial charge in [0.05, 0.1) is 18.9 Å². The highest BCUT2D eigenvalue weighted by Gasteiger charge is 2.88. The molecule has 2 bridgehead atoms. The Morgan fingerprint density at radius 1 is 1.06 bits per heavy atom. The molecule has 17 heavy (non-hydrogen) atoms. The van der Waals surface area contributed by atoms with Crippen LogP contribution in [0.1, 0.15) is 6.42 Å². The van der Waals surface area contributed by atoms with Gasteiger partial charge in [-0.3, -0.25) is 0 Å². The fourth-order valence-corrected chi connectivity index (χ4v) is 7.11. The Labute approximate surface area is 99.0 Å². The molecular weight excluding hydrogens is 218 g/mol. The molecular formula is C13H15NO3. The molecule has 5 saturated carbocycles. The van der Waals surface area contributed by atoms with Gasteiger partial charge < -0.3 is 14.7 Å². The van der Waals surface area contributed by atoms with Crippen LogP contribution in [-0.2, 0) is 9.47 Å². The molecule has 1 heterocycles. The van der Waals surface area contributed by atoms with Gasteiger partial charge in [-0.25, -0.2) is 0 Å². The third-order valence-corrected chi connectivity index (χ3v) is 6.97. The van der Waals surface area contributed by atoms with Crippen LogP contribution < -0.4 is 0 Å². The van der Waals surface area contributed by atoms with E-state index in [-0.39, 0.29) is 5.79 Å². The molecule has 4 nitrogen and oxygen atoms in total. The highest BCUT2D eigenvalue weighted by molar-refractivity contribution is 5.96. The summed E-state index contributed by atoms with van der Waals surface area (Å²) < 4.78 is 12.2. The molecule has 1 aliphatic heterocycles. The predicted octanol–water partition coefficient (Wildman–Crippen LogP) is 0.947. The fraction of sp³-hybridized carbons (Fsp3) is 0.923. The molecule has 0 amide bonds. The number of fused-ring (bicyclic) bond motifs is 4. The summed E-state index contributed by atoms with van der Waals surface area (Å²) in [6.07, 6.45) is 1.34. The third kappa shape index (κ3) is 0.557. The summed E-state index contributed by atoms with van der Waals surface area (Å²) in [6, 6.07) is 0. The van der Waals surface area contributed by atoms with Gasteiger partial charge in [0.25, 0.3) is 0 Å². The molecule has 0 aromatic heterocycles. The molecule has 6 rings (SSSR count). The van der Waals surface area contributed by atoms with Gasteiger partial charge in [-0.2, -0.15) is 0 Å². The van der Waals surface area contributed by atoms with Crippen LogP contribution >= 0.6 is 0 Å². The summed E-state index contributed by atoms with van der Waals surface area (Å²) in [5.74, 6) is 4.94. The van der Waals surface area contributed by atoms with Gasteiger partial charge in [0.1, 0.15) is 0 Å². The van der Waals surface area contributed by atoms with Gasteiger partial charge in [0, 0.05) is 23.7 Å². The van der Waals surface area contributed by atoms with Crippen molar-refractivity contribution >= 4 is 5.71 Å². The number of ether oxygens (including phenoxy) is 2. The van der Waals surface area contributed by atoms with Crippen LogP contribution in [0.3, 0.4) is 0 Å². The highest BCUT2D eigenvalue weighted by Crippen LogP contribution is 2.85. The topological polar surface area (TPSA) is 51.1 Å². The number of oxime groups is 1. The second kappa shape index (κ2) is 2.16. The quantitative estimate of drug-likeness (QED) is 0.500. The summed E-state index contributed by atoms with van der Waals surface area (Å²) in [5, 5.41) is 13.0. The largest absolute Gasteiger partial charge is 0.411 e. The summed E-state index contributed by atoms with van der Waals surface area (Å²) in [4.78, 5) is 0. The van der Waals surface area contributed by atoms with Crippen molar-refractivity contribution in [2.24, 2.45) is 52.5 Å². The average molecular weight is 233 g/mol. The lowest BCUT2D eigenvalue weighted by Gasteiger charge is -2.50. The first kappa shape index (κ1) is 8.48. The Morgan fingerprint density at radius 2 is 1.88 bits per heavy atom. The zero-order chi connectivity index (χ0) is 10.9. The molecule has 90 valence electrons. The van der Waals surface area contributed by atoms with E-state index in [0.29, 0.717) is 23.7 Å². The van der Waals surface area contributed by atoms with E-state index in [0.717, 1.165) is 42.6 Å². The lowest BCUT2D eigenvalue weighted by Crippen LogP contribution is -2.58. The highest BCUT2D eigenvalue weighted by atomic mass is 16.7. The van der Waals surface area contributed by atoms with Crippen molar-refractivity contribution in [2.45, 2.75) is 12.2 Å². The number of nitrogens with zero attached hydrogens (tertiary/aromatic N) is 1. The maximum Gasteiger partial charge on any atom is 0.175 e. The Hall–Kier alpha value is -0.610. The van der Waals surface area contributed by atoms with Gasteiger partial charge >= 0.3 is 0 Å². The van der Waals surface area contributed by atoms with Crippen LogP contribution in [0.5, 0.6) is 0 Å². The minimum absolute atomic E-state index is 0.263. The van der Waals surface area contributed by atoms with Crippen molar-refractivity contribution < 1.29 is 14.7 Å². The monoisotopic (exact) mass is 233 g/mol. The summed E-state index contributed by atoms with van der Waals surface area (Å²) >= 11 is 0. The van der Waals surface area contributed by atoms with Crippen LogP contribution in [0, 0.1) is 47.3 Å². The van der Waals surface area contributed by atoms with Crippen LogP contribution in [0.4, 0.5) is 0 Å². The average Bonchev–Trinajstić information content (AvgIpc) is 2.95. The van der Waals surface area contributed by atoms with Crippen molar-refractivity contribution in [3.05, 3.63) is 0 Å². The van der Waals surface area contributed by atoms with Gasteiger partial charge in [0.2, 0.25) is 0 Å². The van der Waals surface area contributed by atoms with E-state index in [1.165, 1.54) is 6.42 Å². The SMILES string of the molecule is ON=C1[C@@H]2[C@@H]3[C@@H]4C[C@H]5[C@H]3[C@@H]2C2(OCCO2)[C@@H]5[C@H]14. The van der Waals surface area contributed by atoms with Crippen LogP contribution in [-0.4, -0.2) is 29.9 Å². The first-order valence-electron chi connectivity index (χ1n) is 6.88. The van der Waals surface area contributed by atoms with Crippen molar-refractivity contribution in [3.8, 4) is 0 Å². The first-order chi connectivity index (χ1) is 8.38.